The van der Waals surface area contributed by atoms with Gasteiger partial charge in [0.05, 0.1) is 25.3 Å². The number of imidazole rings is 1. The Morgan fingerprint density at radius 2 is 1.69 bits per heavy atom. The highest BCUT2D eigenvalue weighted by Crippen LogP contribution is 2.25. The van der Waals surface area contributed by atoms with Gasteiger partial charge < -0.3 is 25.1 Å². The maximum Gasteiger partial charge on any atom is 0.342 e. The largest absolute Gasteiger partial charge is 0.358 e. The molecular weight excluding hydrogens is 474 g/mol. The van der Waals surface area contributed by atoms with E-state index in [9.17, 15) is 10.1 Å². The highest BCUT2D eigenvalue weighted by Gasteiger charge is 2.25. The molecule has 0 amide bonds. The third-order valence-corrected chi connectivity index (χ3v) is 4.30. The molecule has 0 bridgehead atoms. The van der Waals surface area contributed by atoms with Crippen molar-refractivity contribution in [3.05, 3.63) is 78.4 Å². The topological polar surface area (TPSA) is 260 Å². The molecule has 0 aromatic carbocycles. The average molecular weight is 491 g/mol. The monoisotopic (exact) mass is 491 g/mol. The predicted octanol–water partition coefficient (Wildman–Crippen LogP) is 0.306. The number of rotatable bonds is 4. The molecule has 0 unspecified atom stereocenters. The lowest BCUT2D eigenvalue weighted by Crippen LogP contribution is -2.22. The summed E-state index contributed by atoms with van der Waals surface area (Å²) >= 11 is 0. The molecule has 0 aliphatic carbocycles. The van der Waals surface area contributed by atoms with E-state index in [4.69, 9.17) is 36.1 Å². The minimum Gasteiger partial charge on any atom is -0.358 e. The van der Waals surface area contributed by atoms with E-state index in [1.165, 1.54) is 15.4 Å². The first-order valence-electron chi connectivity index (χ1n) is 9.12. The highest BCUT2D eigenvalue weighted by atomic mass is 16.9. The van der Waals surface area contributed by atoms with Crippen LogP contribution in [-0.2, 0) is 20.6 Å². The van der Waals surface area contributed by atoms with Crippen molar-refractivity contribution in [2.45, 2.75) is 6.54 Å². The number of fused-ring (bicyclic) bond motifs is 1. The summed E-state index contributed by atoms with van der Waals surface area (Å²) in [7, 11) is 3.26. The van der Waals surface area contributed by atoms with Gasteiger partial charge in [0.25, 0.3) is 10.2 Å². The number of aryl methyl sites for hydroxylation is 1. The zero-order valence-electron chi connectivity index (χ0n) is 18.0. The molecular formula is C16H17N11O8. The van der Waals surface area contributed by atoms with Crippen LogP contribution >= 0.6 is 0 Å². The Hall–Kier alpha value is -5.49. The molecule has 0 spiro atoms. The summed E-state index contributed by atoms with van der Waals surface area (Å²) in [5, 5.41) is 51.9. The fraction of sp³-hybridized carbons (Fsp3) is 0.188. The van der Waals surface area contributed by atoms with Gasteiger partial charge in [-0.2, -0.15) is 5.10 Å². The zero-order chi connectivity index (χ0) is 26.3. The lowest BCUT2D eigenvalue weighted by molar-refractivity contribution is -0.742. The minimum atomic E-state index is -1.50. The second kappa shape index (κ2) is 10.9. The average Bonchev–Trinajstić information content (AvgIpc) is 3.30. The summed E-state index contributed by atoms with van der Waals surface area (Å²) in [5.41, 5.74) is 2.00. The van der Waals surface area contributed by atoms with Crippen LogP contribution in [-0.4, -0.2) is 59.4 Å². The number of nitrogens with zero attached hydrogens (tertiary/aromatic N) is 10. The normalized spacial score (nSPS) is 10.0. The fourth-order valence-corrected chi connectivity index (χ4v) is 2.96. The Morgan fingerprint density at radius 3 is 2.20 bits per heavy atom. The van der Waals surface area contributed by atoms with Crippen LogP contribution in [0.2, 0.25) is 0 Å². The number of nitro groups is 1. The molecule has 0 fully saturated rings. The molecule has 0 radical (unpaired) electrons. The van der Waals surface area contributed by atoms with Crippen molar-refractivity contribution in [2.75, 3.05) is 0 Å². The van der Waals surface area contributed by atoms with Crippen LogP contribution < -0.4 is 5.49 Å². The molecule has 0 saturated heterocycles. The molecule has 19 nitrogen and oxygen atoms in total. The van der Waals surface area contributed by atoms with Gasteiger partial charge in [0, 0.05) is 19.4 Å². The summed E-state index contributed by atoms with van der Waals surface area (Å²) in [6, 6.07) is 3.74. The molecule has 4 heterocycles. The summed E-state index contributed by atoms with van der Waals surface area (Å²) in [6.07, 6.45) is 6.16. The van der Waals surface area contributed by atoms with E-state index in [2.05, 4.69) is 20.1 Å². The zero-order valence-corrected chi connectivity index (χ0v) is 18.0. The molecule has 19 heteroatoms. The van der Waals surface area contributed by atoms with Gasteiger partial charge in [0.15, 0.2) is 11.3 Å². The van der Waals surface area contributed by atoms with Crippen LogP contribution in [0.4, 0.5) is 5.82 Å². The van der Waals surface area contributed by atoms with Gasteiger partial charge in [-0.15, -0.1) is 20.2 Å². The molecule has 184 valence electrons. The van der Waals surface area contributed by atoms with E-state index < -0.39 is 15.1 Å². The van der Waals surface area contributed by atoms with Crippen molar-refractivity contribution in [2.24, 2.45) is 14.1 Å². The maximum absolute atomic E-state index is 11.1. The standard InChI is InChI=1S/C16H15N9O2.2HNO3/c1-22-11(25(26)27)7-19-16(22)13-12-14(17)24(8-10-4-3-5-18-6-10)9-20-15(12)23(2)21-13;2*2-1(3)4/h3-7,9,17H,8H2,1-2H3;2*(H,2,3,4). The molecule has 0 saturated carbocycles. The molecule has 3 N–H and O–H groups in total. The molecule has 35 heavy (non-hydrogen) atoms. The number of nitrogens with one attached hydrogen (secondary N) is 1. The van der Waals surface area contributed by atoms with Crippen molar-refractivity contribution in [1.82, 2.24) is 33.9 Å². The molecule has 0 aliphatic heterocycles. The Morgan fingerprint density at radius 1 is 1.06 bits per heavy atom. The SMILES string of the molecule is Cn1c([N+](=O)[O-])cnc1-c1nn(C)c2ncn(Cc3cccnc3)c(=N)c12.O=[N+]([O-])O.O=[N+]([O-])O. The van der Waals surface area contributed by atoms with Crippen LogP contribution in [0.1, 0.15) is 5.56 Å². The van der Waals surface area contributed by atoms with Gasteiger partial charge in [-0.3, -0.25) is 10.4 Å². The van der Waals surface area contributed by atoms with Crippen molar-refractivity contribution in [1.29, 1.82) is 5.41 Å². The summed E-state index contributed by atoms with van der Waals surface area (Å²) < 4.78 is 4.55. The number of pyridine rings is 1. The number of hydrogen-bond donors (Lipinski definition) is 3. The Bertz CT molecular complexity index is 1410. The van der Waals surface area contributed by atoms with Crippen LogP contribution in [0.15, 0.2) is 37.1 Å². The van der Waals surface area contributed by atoms with Gasteiger partial charge in [0.1, 0.15) is 11.7 Å². The smallest absolute Gasteiger partial charge is 0.342 e. The van der Waals surface area contributed by atoms with Crippen LogP contribution in [0, 0.1) is 35.8 Å². The quantitative estimate of drug-likeness (QED) is 0.257. The van der Waals surface area contributed by atoms with Gasteiger partial charge >= 0.3 is 5.82 Å². The van der Waals surface area contributed by atoms with E-state index in [0.717, 1.165) is 5.56 Å². The molecule has 4 rings (SSSR count). The van der Waals surface area contributed by atoms with E-state index in [1.54, 1.807) is 37.4 Å². The third-order valence-electron chi connectivity index (χ3n) is 4.30. The van der Waals surface area contributed by atoms with Gasteiger partial charge in [0.2, 0.25) is 5.82 Å². The van der Waals surface area contributed by atoms with Crippen molar-refractivity contribution in [3.8, 4) is 11.5 Å². The molecule has 0 aliphatic rings. The second-order valence-corrected chi connectivity index (χ2v) is 6.48. The van der Waals surface area contributed by atoms with Crippen molar-refractivity contribution >= 4 is 16.9 Å². The Balaban J connectivity index is 0.000000473. The van der Waals surface area contributed by atoms with E-state index >= 15 is 0 Å². The van der Waals surface area contributed by atoms with E-state index in [0.29, 0.717) is 29.1 Å². The number of hydrogen-bond acceptors (Lipinski definition) is 11. The van der Waals surface area contributed by atoms with Crippen LogP contribution in [0.3, 0.4) is 0 Å². The summed E-state index contributed by atoms with van der Waals surface area (Å²) in [4.78, 5) is 40.0. The number of aromatic nitrogens is 7. The predicted molar refractivity (Wildman–Crippen MR) is 112 cm³/mol. The molecule has 4 aromatic heterocycles. The first-order valence-corrected chi connectivity index (χ1v) is 9.12. The lowest BCUT2D eigenvalue weighted by Gasteiger charge is -2.07. The Labute approximate surface area is 193 Å². The Kier molecular flexibility index (Phi) is 8.02. The van der Waals surface area contributed by atoms with Gasteiger partial charge in [-0.1, -0.05) is 6.07 Å². The van der Waals surface area contributed by atoms with E-state index in [1.807, 2.05) is 12.1 Å². The first kappa shape index (κ1) is 25.8. The second-order valence-electron chi connectivity index (χ2n) is 6.48. The summed E-state index contributed by atoms with van der Waals surface area (Å²) in [5.74, 6) is 0.157. The lowest BCUT2D eigenvalue weighted by atomic mass is 10.2. The van der Waals surface area contributed by atoms with Gasteiger partial charge in [-0.05, 0) is 16.6 Å². The van der Waals surface area contributed by atoms with Crippen LogP contribution in [0.25, 0.3) is 22.6 Å². The molecule has 0 atom stereocenters. The van der Waals surface area contributed by atoms with Crippen LogP contribution in [0.5, 0.6) is 0 Å². The minimum absolute atomic E-state index is 0.150. The molecule has 4 aromatic rings. The van der Waals surface area contributed by atoms with Gasteiger partial charge in [-0.25, -0.2) is 19.2 Å². The van der Waals surface area contributed by atoms with Crippen molar-refractivity contribution in [3.63, 3.8) is 0 Å². The maximum atomic E-state index is 11.1. The van der Waals surface area contributed by atoms with E-state index in [-0.39, 0.29) is 11.3 Å². The van der Waals surface area contributed by atoms with Crippen molar-refractivity contribution < 1.29 is 25.5 Å². The summed E-state index contributed by atoms with van der Waals surface area (Å²) in [6.45, 7) is 0.421. The first-order chi connectivity index (χ1) is 16.4. The highest BCUT2D eigenvalue weighted by molar-refractivity contribution is 5.88. The fourth-order valence-electron chi connectivity index (χ4n) is 2.96. The third kappa shape index (κ3) is 6.27.